The molecule has 1 atom stereocenters. The zero-order chi connectivity index (χ0) is 13.3. The summed E-state index contributed by atoms with van der Waals surface area (Å²) in [6.07, 6.45) is 0. The molecule has 0 aliphatic rings. The first-order chi connectivity index (χ1) is 8.49. The Hall–Kier alpha value is -1.40. The van der Waals surface area contributed by atoms with Crippen LogP contribution in [0.25, 0.3) is 0 Å². The predicted molar refractivity (Wildman–Crippen MR) is 74.9 cm³/mol. The number of nitrogens with one attached hydrogen (secondary N) is 1. The van der Waals surface area contributed by atoms with Crippen LogP contribution in [0.1, 0.15) is 38.8 Å². The highest BCUT2D eigenvalue weighted by atomic mass is 32.1. The van der Waals surface area contributed by atoms with Crippen LogP contribution in [0.2, 0.25) is 0 Å². The minimum atomic E-state index is -0.932. The number of anilines is 1. The van der Waals surface area contributed by atoms with Crippen LogP contribution in [0.3, 0.4) is 0 Å². The van der Waals surface area contributed by atoms with Crippen molar-refractivity contribution in [1.82, 2.24) is 4.37 Å². The number of hydrogen-bond acceptors (Lipinski definition) is 5. The topological polar surface area (TPSA) is 62.2 Å². The van der Waals surface area contributed by atoms with Crippen LogP contribution in [-0.4, -0.2) is 15.4 Å². The molecular weight excluding hydrogens is 268 g/mol. The van der Waals surface area contributed by atoms with Crippen LogP contribution >= 0.6 is 22.9 Å². The van der Waals surface area contributed by atoms with Gasteiger partial charge in [-0.15, -0.1) is 11.3 Å². The molecule has 0 amide bonds. The fraction of sp³-hybridized carbons (Fsp3) is 0.333. The van der Waals surface area contributed by atoms with E-state index in [9.17, 15) is 4.79 Å². The van der Waals surface area contributed by atoms with Gasteiger partial charge in [-0.05, 0) is 44.4 Å². The van der Waals surface area contributed by atoms with Crippen LogP contribution < -0.4 is 5.32 Å². The normalized spacial score (nSPS) is 12.4. The van der Waals surface area contributed by atoms with E-state index in [1.807, 2.05) is 6.92 Å². The maximum Gasteiger partial charge on any atom is 0.340 e. The van der Waals surface area contributed by atoms with Crippen LogP contribution in [0.4, 0.5) is 5.00 Å². The van der Waals surface area contributed by atoms with E-state index in [4.69, 9.17) is 5.11 Å². The Labute approximate surface area is 113 Å². The number of aryl methyl sites for hydroxylation is 2. The van der Waals surface area contributed by atoms with Gasteiger partial charge in [-0.1, -0.05) is 0 Å². The van der Waals surface area contributed by atoms with E-state index in [1.54, 1.807) is 18.3 Å². The van der Waals surface area contributed by atoms with Gasteiger partial charge in [0.25, 0.3) is 0 Å². The summed E-state index contributed by atoms with van der Waals surface area (Å²) in [5.41, 5.74) is 0.838. The standard InChI is InChI=1S/C12H14N2O2S2/c1-6-4-5-9(17-6)7(2)13-11-10(12(15)16)8(3)14-18-11/h4-5,7,13H,1-3H3,(H,15,16). The van der Waals surface area contributed by atoms with Crippen molar-refractivity contribution in [3.05, 3.63) is 33.1 Å². The summed E-state index contributed by atoms with van der Waals surface area (Å²) < 4.78 is 4.09. The summed E-state index contributed by atoms with van der Waals surface area (Å²) in [4.78, 5) is 13.6. The first-order valence-corrected chi connectivity index (χ1v) is 7.10. The highest BCUT2D eigenvalue weighted by molar-refractivity contribution is 7.12. The fourth-order valence-corrected chi connectivity index (χ4v) is 3.43. The monoisotopic (exact) mass is 282 g/mol. The van der Waals surface area contributed by atoms with Crippen molar-refractivity contribution in [3.8, 4) is 0 Å². The Bertz CT molecular complexity index is 574. The lowest BCUT2D eigenvalue weighted by atomic mass is 10.2. The number of carboxylic acids is 1. The molecule has 0 aliphatic heterocycles. The van der Waals surface area contributed by atoms with E-state index in [0.29, 0.717) is 10.7 Å². The van der Waals surface area contributed by atoms with Crippen LogP contribution in [-0.2, 0) is 0 Å². The van der Waals surface area contributed by atoms with Crippen molar-refractivity contribution in [2.75, 3.05) is 5.32 Å². The Kier molecular flexibility index (Phi) is 3.68. The van der Waals surface area contributed by atoms with E-state index in [-0.39, 0.29) is 11.6 Å². The summed E-state index contributed by atoms with van der Waals surface area (Å²) in [5.74, 6) is -0.932. The molecule has 0 fully saturated rings. The van der Waals surface area contributed by atoms with Gasteiger partial charge in [0.1, 0.15) is 10.6 Å². The average Bonchev–Trinajstić information content (AvgIpc) is 2.85. The molecular formula is C12H14N2O2S2. The lowest BCUT2D eigenvalue weighted by Gasteiger charge is -2.12. The summed E-state index contributed by atoms with van der Waals surface area (Å²) in [6, 6.07) is 4.21. The molecule has 0 saturated carbocycles. The molecule has 0 saturated heterocycles. The maximum atomic E-state index is 11.2. The number of aromatic nitrogens is 1. The average molecular weight is 282 g/mol. The highest BCUT2D eigenvalue weighted by Gasteiger charge is 2.19. The number of carboxylic acid groups (broad SMARTS) is 1. The second kappa shape index (κ2) is 5.07. The third-order valence-electron chi connectivity index (χ3n) is 2.61. The van der Waals surface area contributed by atoms with E-state index < -0.39 is 5.97 Å². The van der Waals surface area contributed by atoms with E-state index in [0.717, 1.165) is 0 Å². The first kappa shape index (κ1) is 13.0. The third-order valence-corrected chi connectivity index (χ3v) is 4.67. The van der Waals surface area contributed by atoms with Gasteiger partial charge in [0.15, 0.2) is 0 Å². The number of hydrogen-bond donors (Lipinski definition) is 2. The van der Waals surface area contributed by atoms with E-state index in [2.05, 4.69) is 28.7 Å². The van der Waals surface area contributed by atoms with Crippen molar-refractivity contribution >= 4 is 33.8 Å². The molecule has 0 aromatic carbocycles. The molecule has 0 radical (unpaired) electrons. The van der Waals surface area contributed by atoms with Crippen LogP contribution in [0.15, 0.2) is 12.1 Å². The molecule has 0 bridgehead atoms. The lowest BCUT2D eigenvalue weighted by Crippen LogP contribution is -2.08. The van der Waals surface area contributed by atoms with Gasteiger partial charge in [-0.2, -0.15) is 4.37 Å². The second-order valence-electron chi connectivity index (χ2n) is 4.09. The molecule has 2 aromatic heterocycles. The molecule has 2 N–H and O–H groups in total. The zero-order valence-corrected chi connectivity index (χ0v) is 12.0. The van der Waals surface area contributed by atoms with Gasteiger partial charge in [0.05, 0.1) is 11.7 Å². The summed E-state index contributed by atoms with van der Waals surface area (Å²) in [5, 5.41) is 13.0. The molecule has 2 aromatic rings. The largest absolute Gasteiger partial charge is 0.478 e. The zero-order valence-electron chi connectivity index (χ0n) is 10.4. The van der Waals surface area contributed by atoms with Crippen LogP contribution in [0.5, 0.6) is 0 Å². The van der Waals surface area contributed by atoms with Gasteiger partial charge < -0.3 is 10.4 Å². The maximum absolute atomic E-state index is 11.2. The number of aromatic carboxylic acids is 1. The second-order valence-corrected chi connectivity index (χ2v) is 6.18. The summed E-state index contributed by atoms with van der Waals surface area (Å²) in [7, 11) is 0. The molecule has 2 heterocycles. The summed E-state index contributed by atoms with van der Waals surface area (Å²) >= 11 is 2.91. The van der Waals surface area contributed by atoms with Crippen LogP contribution in [0, 0.1) is 13.8 Å². The van der Waals surface area contributed by atoms with E-state index in [1.165, 1.54) is 21.3 Å². The number of rotatable bonds is 4. The Morgan fingerprint density at radius 1 is 1.44 bits per heavy atom. The molecule has 96 valence electrons. The number of carbonyl (C=O) groups is 1. The highest BCUT2D eigenvalue weighted by Crippen LogP contribution is 2.30. The van der Waals surface area contributed by atoms with Crippen molar-refractivity contribution < 1.29 is 9.90 Å². The lowest BCUT2D eigenvalue weighted by molar-refractivity contribution is 0.0697. The first-order valence-electron chi connectivity index (χ1n) is 5.51. The Balaban J connectivity index is 2.22. The van der Waals surface area contributed by atoms with Gasteiger partial charge in [-0.25, -0.2) is 4.79 Å². The quantitative estimate of drug-likeness (QED) is 0.897. The fourth-order valence-electron chi connectivity index (χ4n) is 1.67. The van der Waals surface area contributed by atoms with Gasteiger partial charge in [-0.3, -0.25) is 0 Å². The molecule has 0 aliphatic carbocycles. The minimum Gasteiger partial charge on any atom is -0.478 e. The molecule has 0 spiro atoms. The van der Waals surface area contributed by atoms with Crippen molar-refractivity contribution in [2.45, 2.75) is 26.8 Å². The molecule has 18 heavy (non-hydrogen) atoms. The number of nitrogens with zero attached hydrogens (tertiary/aromatic N) is 1. The summed E-state index contributed by atoms with van der Waals surface area (Å²) in [6.45, 7) is 5.79. The van der Waals surface area contributed by atoms with Crippen molar-refractivity contribution in [1.29, 1.82) is 0 Å². The molecule has 1 unspecified atom stereocenters. The number of thiophene rings is 1. The van der Waals surface area contributed by atoms with Crippen molar-refractivity contribution in [2.24, 2.45) is 0 Å². The molecule has 2 rings (SSSR count). The van der Waals surface area contributed by atoms with Gasteiger partial charge in [0.2, 0.25) is 0 Å². The SMILES string of the molecule is Cc1ccc(C(C)Nc2snc(C)c2C(=O)O)s1. The predicted octanol–water partition coefficient (Wildman–Crippen LogP) is 3.69. The minimum absolute atomic E-state index is 0.0849. The third kappa shape index (κ3) is 2.54. The molecule has 4 nitrogen and oxygen atoms in total. The van der Waals surface area contributed by atoms with Gasteiger partial charge >= 0.3 is 5.97 Å². The van der Waals surface area contributed by atoms with Gasteiger partial charge in [0, 0.05) is 9.75 Å². The Morgan fingerprint density at radius 3 is 2.72 bits per heavy atom. The molecule has 6 heteroatoms. The van der Waals surface area contributed by atoms with Crippen molar-refractivity contribution in [3.63, 3.8) is 0 Å². The smallest absolute Gasteiger partial charge is 0.340 e. The Morgan fingerprint density at radius 2 is 2.17 bits per heavy atom. The van der Waals surface area contributed by atoms with E-state index >= 15 is 0 Å².